The summed E-state index contributed by atoms with van der Waals surface area (Å²) >= 11 is 8.79. The van der Waals surface area contributed by atoms with Crippen LogP contribution < -0.4 is 5.56 Å². The van der Waals surface area contributed by atoms with E-state index in [-0.39, 0.29) is 15.2 Å². The molecule has 2 heterocycles. The van der Waals surface area contributed by atoms with Gasteiger partial charge in [-0.25, -0.2) is 4.98 Å². The first-order valence-corrected chi connectivity index (χ1v) is 4.69. The van der Waals surface area contributed by atoms with Gasteiger partial charge in [-0.05, 0) is 28.1 Å². The molecule has 66 valence electrons. The van der Waals surface area contributed by atoms with Gasteiger partial charge in [0.05, 0.1) is 0 Å². The number of hydrogen-bond donors (Lipinski definition) is 0. The molecule has 0 N–H and O–H groups in total. The normalized spacial score (nSPS) is 10.6. The van der Waals surface area contributed by atoms with Crippen LogP contribution in [0.1, 0.15) is 0 Å². The van der Waals surface area contributed by atoms with Gasteiger partial charge >= 0.3 is 0 Å². The van der Waals surface area contributed by atoms with Crippen LogP contribution in [0.5, 0.6) is 0 Å². The standard InChI is InChI=1S/C8H4BrClN2O/c9-6-7(10)11-5-3-1-2-4-12(5)8(6)13/h1-4H. The Bertz CT molecular complexity index is 523. The van der Waals surface area contributed by atoms with Crippen LogP contribution in [0, 0.1) is 0 Å². The maximum atomic E-state index is 11.5. The Kier molecular flexibility index (Phi) is 2.09. The molecule has 0 aliphatic rings. The van der Waals surface area contributed by atoms with Crippen LogP contribution in [0.15, 0.2) is 33.7 Å². The number of rotatable bonds is 0. The van der Waals surface area contributed by atoms with Crippen LogP contribution in [-0.4, -0.2) is 9.38 Å². The largest absolute Gasteiger partial charge is 0.273 e. The SMILES string of the molecule is O=c1c(Br)c(Cl)nc2ccccn12. The Morgan fingerprint density at radius 1 is 1.46 bits per heavy atom. The van der Waals surface area contributed by atoms with Crippen LogP contribution in [0.3, 0.4) is 0 Å². The first kappa shape index (κ1) is 8.72. The molecule has 0 spiro atoms. The Hall–Kier alpha value is -0.870. The minimum Gasteiger partial charge on any atom is -0.268 e. The predicted octanol–water partition coefficient (Wildman–Crippen LogP) is 2.11. The zero-order valence-electron chi connectivity index (χ0n) is 6.37. The van der Waals surface area contributed by atoms with Crippen molar-refractivity contribution in [2.75, 3.05) is 0 Å². The summed E-state index contributed by atoms with van der Waals surface area (Å²) in [6.07, 6.45) is 1.64. The van der Waals surface area contributed by atoms with Crippen LogP contribution >= 0.6 is 27.5 Å². The Labute approximate surface area is 87.1 Å². The van der Waals surface area contributed by atoms with Gasteiger partial charge in [-0.1, -0.05) is 17.7 Å². The highest BCUT2D eigenvalue weighted by molar-refractivity contribution is 9.10. The monoisotopic (exact) mass is 258 g/mol. The first-order valence-electron chi connectivity index (χ1n) is 3.52. The van der Waals surface area contributed by atoms with Crippen molar-refractivity contribution >= 4 is 33.2 Å². The second kappa shape index (κ2) is 3.12. The molecule has 0 aliphatic carbocycles. The lowest BCUT2D eigenvalue weighted by Gasteiger charge is -2.00. The van der Waals surface area contributed by atoms with Gasteiger partial charge in [0.2, 0.25) is 0 Å². The van der Waals surface area contributed by atoms with Gasteiger partial charge in [-0.15, -0.1) is 0 Å². The molecule has 2 aromatic heterocycles. The molecule has 2 rings (SSSR count). The number of halogens is 2. The quantitative estimate of drug-likeness (QED) is 0.679. The van der Waals surface area contributed by atoms with Crippen molar-refractivity contribution in [1.82, 2.24) is 9.38 Å². The zero-order chi connectivity index (χ0) is 9.42. The first-order chi connectivity index (χ1) is 6.20. The fraction of sp³-hybridized carbons (Fsp3) is 0. The fourth-order valence-electron chi connectivity index (χ4n) is 1.04. The highest BCUT2D eigenvalue weighted by Crippen LogP contribution is 2.15. The Morgan fingerprint density at radius 2 is 2.23 bits per heavy atom. The van der Waals surface area contributed by atoms with E-state index in [9.17, 15) is 4.79 Å². The van der Waals surface area contributed by atoms with E-state index in [2.05, 4.69) is 20.9 Å². The molecule has 13 heavy (non-hydrogen) atoms. The molecule has 5 heteroatoms. The summed E-state index contributed by atoms with van der Waals surface area (Å²) in [5, 5.41) is 0.191. The molecule has 0 saturated heterocycles. The van der Waals surface area contributed by atoms with Gasteiger partial charge in [-0.3, -0.25) is 9.20 Å². The van der Waals surface area contributed by atoms with Crippen LogP contribution in [0.25, 0.3) is 5.65 Å². The highest BCUT2D eigenvalue weighted by atomic mass is 79.9. The number of nitrogens with zero attached hydrogens (tertiary/aromatic N) is 2. The summed E-state index contributed by atoms with van der Waals surface area (Å²) in [6.45, 7) is 0. The molecule has 0 atom stereocenters. The summed E-state index contributed by atoms with van der Waals surface area (Å²) in [6, 6.07) is 5.28. The number of aromatic nitrogens is 2. The van der Waals surface area contributed by atoms with E-state index in [0.717, 1.165) is 0 Å². The van der Waals surface area contributed by atoms with Crippen LogP contribution in [0.2, 0.25) is 5.15 Å². The average Bonchev–Trinajstić information content (AvgIpc) is 2.15. The van der Waals surface area contributed by atoms with Crippen LogP contribution in [0.4, 0.5) is 0 Å². The Morgan fingerprint density at radius 3 is 3.00 bits per heavy atom. The van der Waals surface area contributed by atoms with Crippen molar-refractivity contribution in [1.29, 1.82) is 0 Å². The van der Waals surface area contributed by atoms with Crippen molar-refractivity contribution < 1.29 is 0 Å². The molecule has 0 radical (unpaired) electrons. The topological polar surface area (TPSA) is 34.4 Å². The minimum atomic E-state index is -0.199. The van der Waals surface area contributed by atoms with E-state index in [1.807, 2.05) is 0 Å². The van der Waals surface area contributed by atoms with Gasteiger partial charge in [0, 0.05) is 6.20 Å². The molecule has 0 aliphatic heterocycles. The minimum absolute atomic E-state index is 0.191. The third-order valence-corrected chi connectivity index (χ3v) is 2.86. The summed E-state index contributed by atoms with van der Waals surface area (Å²) in [5.74, 6) is 0. The Balaban J connectivity index is 3.03. The highest BCUT2D eigenvalue weighted by Gasteiger charge is 2.06. The maximum Gasteiger partial charge on any atom is 0.273 e. The lowest BCUT2D eigenvalue weighted by Crippen LogP contribution is -2.15. The average molecular weight is 259 g/mol. The van der Waals surface area contributed by atoms with Crippen molar-refractivity contribution in [3.8, 4) is 0 Å². The van der Waals surface area contributed by atoms with Gasteiger partial charge in [0.1, 0.15) is 10.1 Å². The predicted molar refractivity (Wildman–Crippen MR) is 54.2 cm³/mol. The molecule has 2 aromatic rings. The van der Waals surface area contributed by atoms with Crippen LogP contribution in [-0.2, 0) is 0 Å². The number of fused-ring (bicyclic) bond motifs is 1. The molecule has 3 nitrogen and oxygen atoms in total. The summed E-state index contributed by atoms with van der Waals surface area (Å²) in [5.41, 5.74) is 0.344. The second-order valence-electron chi connectivity index (χ2n) is 2.45. The molecule has 0 unspecified atom stereocenters. The van der Waals surface area contributed by atoms with Crippen molar-refractivity contribution in [2.45, 2.75) is 0 Å². The molecular formula is C8H4BrClN2O. The van der Waals surface area contributed by atoms with E-state index < -0.39 is 0 Å². The van der Waals surface area contributed by atoms with E-state index in [0.29, 0.717) is 5.65 Å². The fourth-order valence-corrected chi connectivity index (χ4v) is 1.49. The molecule has 0 aromatic carbocycles. The summed E-state index contributed by atoms with van der Waals surface area (Å²) in [7, 11) is 0. The van der Waals surface area contributed by atoms with E-state index >= 15 is 0 Å². The van der Waals surface area contributed by atoms with Gasteiger partial charge in [0.25, 0.3) is 5.56 Å². The number of pyridine rings is 1. The van der Waals surface area contributed by atoms with Crippen molar-refractivity contribution in [3.63, 3.8) is 0 Å². The van der Waals surface area contributed by atoms with E-state index in [1.54, 1.807) is 24.4 Å². The molecule has 0 saturated carbocycles. The lowest BCUT2D eigenvalue weighted by molar-refractivity contribution is 1.03. The smallest absolute Gasteiger partial charge is 0.268 e. The van der Waals surface area contributed by atoms with E-state index in [1.165, 1.54) is 4.40 Å². The zero-order valence-corrected chi connectivity index (χ0v) is 8.71. The van der Waals surface area contributed by atoms with Crippen molar-refractivity contribution in [3.05, 3.63) is 44.4 Å². The lowest BCUT2D eigenvalue weighted by atomic mass is 10.4. The molecule has 0 bridgehead atoms. The third-order valence-electron chi connectivity index (χ3n) is 1.64. The number of hydrogen-bond acceptors (Lipinski definition) is 2. The van der Waals surface area contributed by atoms with Gasteiger partial charge in [0.15, 0.2) is 5.15 Å². The molecule has 0 amide bonds. The van der Waals surface area contributed by atoms with E-state index in [4.69, 9.17) is 11.6 Å². The molecule has 0 fully saturated rings. The second-order valence-corrected chi connectivity index (χ2v) is 3.60. The van der Waals surface area contributed by atoms with Gasteiger partial charge < -0.3 is 0 Å². The summed E-state index contributed by atoms with van der Waals surface area (Å²) in [4.78, 5) is 15.6. The van der Waals surface area contributed by atoms with Gasteiger partial charge in [-0.2, -0.15) is 0 Å². The summed E-state index contributed by atoms with van der Waals surface area (Å²) < 4.78 is 1.72. The molecular weight excluding hydrogens is 255 g/mol. The third kappa shape index (κ3) is 1.36. The maximum absolute atomic E-state index is 11.5. The van der Waals surface area contributed by atoms with Crippen molar-refractivity contribution in [2.24, 2.45) is 0 Å².